The molecule has 0 saturated carbocycles. The molecule has 2 aromatic carbocycles. The number of hydrogen-bond acceptors (Lipinski definition) is 4. The average Bonchev–Trinajstić information content (AvgIpc) is 2.77. The van der Waals surface area contributed by atoms with Crippen molar-refractivity contribution in [2.24, 2.45) is 0 Å². The lowest BCUT2D eigenvalue weighted by Gasteiger charge is -2.35. The number of carboxylic acid groups (broad SMARTS) is 1. The molecule has 0 radical (unpaired) electrons. The van der Waals surface area contributed by atoms with E-state index in [9.17, 15) is 23.1 Å². The van der Waals surface area contributed by atoms with E-state index in [-0.39, 0.29) is 11.8 Å². The minimum atomic E-state index is -4.63. The number of carboxylic acids is 1. The third-order valence-electron chi connectivity index (χ3n) is 5.29. The molecule has 1 aliphatic rings. The third kappa shape index (κ3) is 5.77. The Balaban J connectivity index is 1.71. The van der Waals surface area contributed by atoms with Crippen LogP contribution in [0.4, 0.5) is 18.9 Å². The van der Waals surface area contributed by atoms with Gasteiger partial charge in [-0.05, 0) is 34.2 Å². The molecule has 1 atom stereocenters. The molecular formula is C24H25F3N2O3. The minimum absolute atomic E-state index is 0.217. The monoisotopic (exact) mass is 446 g/mol. The Morgan fingerprint density at radius 1 is 1.28 bits per heavy atom. The fourth-order valence-corrected chi connectivity index (χ4v) is 3.64. The van der Waals surface area contributed by atoms with Gasteiger partial charge in [0.15, 0.2) is 0 Å². The van der Waals surface area contributed by atoms with Gasteiger partial charge in [0, 0.05) is 31.9 Å². The van der Waals surface area contributed by atoms with Gasteiger partial charge >= 0.3 is 12.1 Å². The SMILES string of the molecule is C=C/C(CNCC1CN(c2cc(C(=O)O)cc(C(F)(F)F)c2)CCO1)=c1/ccccc1=C. The zero-order valence-electron chi connectivity index (χ0n) is 17.5. The molecule has 5 nitrogen and oxygen atoms in total. The molecule has 2 aromatic rings. The first-order chi connectivity index (χ1) is 15.2. The number of halogens is 3. The van der Waals surface area contributed by atoms with Gasteiger partial charge in [-0.2, -0.15) is 13.2 Å². The largest absolute Gasteiger partial charge is 0.478 e. The molecule has 0 aromatic heterocycles. The van der Waals surface area contributed by atoms with Gasteiger partial charge in [0.1, 0.15) is 0 Å². The van der Waals surface area contributed by atoms with Crippen molar-refractivity contribution < 1.29 is 27.8 Å². The van der Waals surface area contributed by atoms with Crippen LogP contribution in [0.3, 0.4) is 0 Å². The van der Waals surface area contributed by atoms with Gasteiger partial charge < -0.3 is 20.1 Å². The normalized spacial score (nSPS) is 17.7. The Labute approximate surface area is 184 Å². The Hall–Kier alpha value is -3.10. The highest BCUT2D eigenvalue weighted by atomic mass is 19.4. The Morgan fingerprint density at radius 2 is 2.03 bits per heavy atom. The van der Waals surface area contributed by atoms with Gasteiger partial charge in [-0.15, -0.1) is 0 Å². The molecule has 1 heterocycles. The second-order valence-electron chi connectivity index (χ2n) is 7.53. The molecule has 2 N–H and O–H groups in total. The number of nitrogens with one attached hydrogen (secondary N) is 1. The van der Waals surface area contributed by atoms with Crippen molar-refractivity contribution in [1.82, 2.24) is 5.32 Å². The highest BCUT2D eigenvalue weighted by Gasteiger charge is 2.33. The molecule has 8 heteroatoms. The van der Waals surface area contributed by atoms with E-state index in [1.165, 1.54) is 6.07 Å². The number of morpholine rings is 1. The number of aromatic carboxylic acids is 1. The topological polar surface area (TPSA) is 61.8 Å². The highest BCUT2D eigenvalue weighted by Crippen LogP contribution is 2.33. The van der Waals surface area contributed by atoms with E-state index >= 15 is 0 Å². The zero-order valence-corrected chi connectivity index (χ0v) is 17.5. The van der Waals surface area contributed by atoms with E-state index in [2.05, 4.69) is 18.5 Å². The molecular weight excluding hydrogens is 421 g/mol. The van der Waals surface area contributed by atoms with Crippen LogP contribution in [0.1, 0.15) is 15.9 Å². The molecule has 0 bridgehead atoms. The lowest BCUT2D eigenvalue weighted by Crippen LogP contribution is -2.47. The third-order valence-corrected chi connectivity index (χ3v) is 5.29. The van der Waals surface area contributed by atoms with Crippen molar-refractivity contribution in [1.29, 1.82) is 0 Å². The van der Waals surface area contributed by atoms with Gasteiger partial charge in [0.25, 0.3) is 0 Å². The molecule has 1 saturated heterocycles. The maximum atomic E-state index is 13.2. The summed E-state index contributed by atoms with van der Waals surface area (Å²) in [6, 6.07) is 10.6. The zero-order chi connectivity index (χ0) is 23.3. The molecule has 0 spiro atoms. The maximum absolute atomic E-state index is 13.2. The molecule has 0 aliphatic carbocycles. The molecule has 170 valence electrons. The smallest absolute Gasteiger partial charge is 0.416 e. The van der Waals surface area contributed by atoms with Crippen molar-refractivity contribution in [3.63, 3.8) is 0 Å². The summed E-state index contributed by atoms with van der Waals surface area (Å²) < 4.78 is 45.5. The van der Waals surface area contributed by atoms with Crippen LogP contribution in [0.5, 0.6) is 0 Å². The number of anilines is 1. The van der Waals surface area contributed by atoms with Crippen LogP contribution in [0.15, 0.2) is 55.1 Å². The summed E-state index contributed by atoms with van der Waals surface area (Å²) in [6.45, 7) is 9.92. The quantitative estimate of drug-likeness (QED) is 0.685. The van der Waals surface area contributed by atoms with Gasteiger partial charge in [0.2, 0.25) is 0 Å². The number of hydrogen-bond donors (Lipinski definition) is 2. The van der Waals surface area contributed by atoms with Crippen LogP contribution in [-0.2, 0) is 10.9 Å². The van der Waals surface area contributed by atoms with Crippen LogP contribution < -0.4 is 20.7 Å². The number of benzene rings is 2. The summed E-state index contributed by atoms with van der Waals surface area (Å²) >= 11 is 0. The first-order valence-corrected chi connectivity index (χ1v) is 10.1. The van der Waals surface area contributed by atoms with Crippen LogP contribution in [0, 0.1) is 0 Å². The van der Waals surface area contributed by atoms with Crippen molar-refractivity contribution in [2.75, 3.05) is 37.7 Å². The second-order valence-corrected chi connectivity index (χ2v) is 7.53. The van der Waals surface area contributed by atoms with Crippen molar-refractivity contribution in [3.05, 3.63) is 76.7 Å². The first kappa shape index (κ1) is 23.6. The second kappa shape index (κ2) is 10.0. The number of carbonyl (C=O) groups is 1. The van der Waals surface area contributed by atoms with Gasteiger partial charge in [0.05, 0.1) is 23.8 Å². The summed E-state index contributed by atoms with van der Waals surface area (Å²) in [4.78, 5) is 13.0. The molecule has 1 unspecified atom stereocenters. The van der Waals surface area contributed by atoms with Crippen molar-refractivity contribution in [2.45, 2.75) is 12.3 Å². The van der Waals surface area contributed by atoms with E-state index in [0.29, 0.717) is 38.9 Å². The maximum Gasteiger partial charge on any atom is 0.416 e. The lowest BCUT2D eigenvalue weighted by atomic mass is 10.1. The fraction of sp³-hybridized carbons (Fsp3) is 0.292. The minimum Gasteiger partial charge on any atom is -0.478 e. The number of ether oxygens (including phenoxy) is 1. The Bertz CT molecular complexity index is 1100. The number of rotatable bonds is 7. The fourth-order valence-electron chi connectivity index (χ4n) is 3.64. The van der Waals surface area contributed by atoms with Crippen molar-refractivity contribution >= 4 is 23.8 Å². The summed E-state index contributed by atoms with van der Waals surface area (Å²) in [7, 11) is 0. The van der Waals surface area contributed by atoms with Crippen LogP contribution in [0.2, 0.25) is 0 Å². The summed E-state index contributed by atoms with van der Waals surface area (Å²) in [5.74, 6) is -1.40. The van der Waals surface area contributed by atoms with Gasteiger partial charge in [-0.3, -0.25) is 0 Å². The Kier molecular flexibility index (Phi) is 7.37. The average molecular weight is 446 g/mol. The predicted molar refractivity (Wildman–Crippen MR) is 118 cm³/mol. The molecule has 0 amide bonds. The van der Waals surface area contributed by atoms with Gasteiger partial charge in [-0.1, -0.05) is 43.5 Å². The summed E-state index contributed by atoms with van der Waals surface area (Å²) in [5.41, 5.74) is -0.180. The summed E-state index contributed by atoms with van der Waals surface area (Å²) in [5, 5.41) is 14.4. The van der Waals surface area contributed by atoms with Crippen LogP contribution in [0.25, 0.3) is 12.2 Å². The van der Waals surface area contributed by atoms with E-state index in [1.807, 2.05) is 24.3 Å². The van der Waals surface area contributed by atoms with E-state index in [4.69, 9.17) is 4.74 Å². The number of nitrogens with zero attached hydrogens (tertiary/aromatic N) is 1. The van der Waals surface area contributed by atoms with E-state index in [1.54, 1.807) is 11.0 Å². The van der Waals surface area contributed by atoms with Gasteiger partial charge in [-0.25, -0.2) is 4.79 Å². The molecule has 32 heavy (non-hydrogen) atoms. The first-order valence-electron chi connectivity index (χ1n) is 10.1. The van der Waals surface area contributed by atoms with Crippen molar-refractivity contribution in [3.8, 4) is 0 Å². The number of alkyl halides is 3. The predicted octanol–water partition coefficient (Wildman–Crippen LogP) is 2.65. The molecule has 3 rings (SSSR count). The standard InChI is InChI=1S/C24H25F3N2O3/c1-3-17(22-7-5-4-6-16(22)2)13-28-14-21-15-29(8-9-32-21)20-11-18(23(30)31)10-19(12-20)24(25,26)27/h3-7,10-12,21,28H,1-2,8-9,13-15H2,(H,30,31)/b22-17+. The lowest BCUT2D eigenvalue weighted by molar-refractivity contribution is -0.137. The Morgan fingerprint density at radius 3 is 2.69 bits per heavy atom. The van der Waals surface area contributed by atoms with E-state index < -0.39 is 23.3 Å². The highest BCUT2D eigenvalue weighted by molar-refractivity contribution is 5.89. The molecule has 1 aliphatic heterocycles. The van der Waals surface area contributed by atoms with E-state index in [0.717, 1.165) is 22.1 Å². The summed E-state index contributed by atoms with van der Waals surface area (Å²) in [6.07, 6.45) is -3.14. The van der Waals surface area contributed by atoms with Crippen LogP contribution in [-0.4, -0.2) is 50.0 Å². The molecule has 1 fully saturated rings. The van der Waals surface area contributed by atoms with Crippen LogP contribution >= 0.6 is 0 Å².